The largest absolute Gasteiger partial charge is 0.329 e. The summed E-state index contributed by atoms with van der Waals surface area (Å²) in [4.78, 5) is 2.04. The van der Waals surface area contributed by atoms with E-state index in [9.17, 15) is 0 Å². The second-order valence-electron chi connectivity index (χ2n) is 2.11. The lowest BCUT2D eigenvalue weighted by molar-refractivity contribution is 0.313. The summed E-state index contributed by atoms with van der Waals surface area (Å²) >= 11 is 0. The van der Waals surface area contributed by atoms with Gasteiger partial charge in [0.15, 0.2) is 0 Å². The van der Waals surface area contributed by atoms with E-state index in [2.05, 4.69) is 5.92 Å². The van der Waals surface area contributed by atoms with Crippen molar-refractivity contribution in [3.63, 3.8) is 0 Å². The highest BCUT2D eigenvalue weighted by Gasteiger charge is 2.01. The van der Waals surface area contributed by atoms with Crippen molar-refractivity contribution in [1.29, 1.82) is 0 Å². The van der Waals surface area contributed by atoms with Crippen LogP contribution in [0.5, 0.6) is 0 Å². The Labute approximate surface area is 57.0 Å². The summed E-state index contributed by atoms with van der Waals surface area (Å²) in [7, 11) is 1.97. The standard InChI is InChI=1S/C7H14N2/c1-4-7(2)9(3)6-5-8/h1,7H,5-6,8H2,2-3H3. The molecular weight excluding hydrogens is 112 g/mol. The van der Waals surface area contributed by atoms with E-state index in [1.807, 2.05) is 18.9 Å². The third-order valence-corrected chi connectivity index (χ3v) is 1.38. The molecule has 0 radical (unpaired) electrons. The SMILES string of the molecule is C#CC(C)N(C)CCN. The molecule has 0 aliphatic rings. The lowest BCUT2D eigenvalue weighted by Crippen LogP contribution is -2.32. The van der Waals surface area contributed by atoms with Gasteiger partial charge in [-0.1, -0.05) is 5.92 Å². The molecule has 0 rings (SSSR count). The Kier molecular flexibility index (Phi) is 4.12. The summed E-state index contributed by atoms with van der Waals surface area (Å²) in [5.41, 5.74) is 5.31. The maximum atomic E-state index is 5.31. The molecule has 0 fully saturated rings. The molecular formula is C7H14N2. The average molecular weight is 126 g/mol. The van der Waals surface area contributed by atoms with E-state index in [4.69, 9.17) is 12.2 Å². The van der Waals surface area contributed by atoms with E-state index in [1.165, 1.54) is 0 Å². The Morgan fingerprint density at radius 3 is 2.67 bits per heavy atom. The molecule has 0 spiro atoms. The number of nitrogens with zero attached hydrogens (tertiary/aromatic N) is 1. The zero-order valence-electron chi connectivity index (χ0n) is 6.09. The first-order valence-electron chi connectivity index (χ1n) is 3.08. The van der Waals surface area contributed by atoms with Crippen LogP contribution in [0, 0.1) is 12.3 Å². The number of likely N-dealkylation sites (N-methyl/N-ethyl adjacent to an activating group) is 1. The van der Waals surface area contributed by atoms with Gasteiger partial charge in [0, 0.05) is 13.1 Å². The third-order valence-electron chi connectivity index (χ3n) is 1.38. The predicted molar refractivity (Wildman–Crippen MR) is 40.0 cm³/mol. The molecule has 0 aromatic heterocycles. The van der Waals surface area contributed by atoms with Crippen molar-refractivity contribution < 1.29 is 0 Å². The average Bonchev–Trinajstić information content (AvgIpc) is 1.87. The van der Waals surface area contributed by atoms with Crippen molar-refractivity contribution in [3.8, 4) is 12.3 Å². The maximum absolute atomic E-state index is 5.31. The van der Waals surface area contributed by atoms with E-state index < -0.39 is 0 Å². The molecule has 52 valence electrons. The van der Waals surface area contributed by atoms with Gasteiger partial charge in [0.25, 0.3) is 0 Å². The predicted octanol–water partition coefficient (Wildman–Crippen LogP) is -0.101. The number of hydrogen-bond acceptors (Lipinski definition) is 2. The molecule has 1 atom stereocenters. The van der Waals surface area contributed by atoms with Crippen LogP contribution in [0.4, 0.5) is 0 Å². The molecule has 0 aromatic rings. The van der Waals surface area contributed by atoms with Gasteiger partial charge in [-0.15, -0.1) is 6.42 Å². The van der Waals surface area contributed by atoms with Gasteiger partial charge in [0.05, 0.1) is 6.04 Å². The molecule has 9 heavy (non-hydrogen) atoms. The summed E-state index contributed by atoms with van der Waals surface area (Å²) in [5.74, 6) is 2.62. The minimum atomic E-state index is 0.202. The summed E-state index contributed by atoms with van der Waals surface area (Å²) < 4.78 is 0. The first-order valence-corrected chi connectivity index (χ1v) is 3.08. The van der Waals surface area contributed by atoms with Gasteiger partial charge in [0.1, 0.15) is 0 Å². The summed E-state index contributed by atoms with van der Waals surface area (Å²) in [6.07, 6.45) is 5.17. The van der Waals surface area contributed by atoms with E-state index in [1.54, 1.807) is 0 Å². The van der Waals surface area contributed by atoms with Crippen LogP contribution in [0.1, 0.15) is 6.92 Å². The van der Waals surface area contributed by atoms with Crippen molar-refractivity contribution in [3.05, 3.63) is 0 Å². The van der Waals surface area contributed by atoms with Crippen molar-refractivity contribution in [2.75, 3.05) is 20.1 Å². The Hall–Kier alpha value is -0.520. The number of terminal acetylenes is 1. The zero-order valence-corrected chi connectivity index (χ0v) is 6.09. The molecule has 1 unspecified atom stereocenters. The van der Waals surface area contributed by atoms with E-state index in [0.717, 1.165) is 6.54 Å². The first-order chi connectivity index (χ1) is 4.22. The highest BCUT2D eigenvalue weighted by atomic mass is 15.1. The first kappa shape index (κ1) is 8.48. The smallest absolute Gasteiger partial charge is 0.0681 e. The van der Waals surface area contributed by atoms with Gasteiger partial charge in [-0.2, -0.15) is 0 Å². The fourth-order valence-electron chi connectivity index (χ4n) is 0.525. The molecule has 0 amide bonds. The summed E-state index contributed by atoms with van der Waals surface area (Å²) in [6, 6.07) is 0.202. The van der Waals surface area contributed by atoms with Crippen molar-refractivity contribution >= 4 is 0 Å². The van der Waals surface area contributed by atoms with Gasteiger partial charge in [0.2, 0.25) is 0 Å². The van der Waals surface area contributed by atoms with Crippen LogP contribution in [-0.2, 0) is 0 Å². The monoisotopic (exact) mass is 126 g/mol. The Bertz CT molecular complexity index is 104. The van der Waals surface area contributed by atoms with Crippen LogP contribution >= 0.6 is 0 Å². The topological polar surface area (TPSA) is 29.3 Å². The van der Waals surface area contributed by atoms with Crippen LogP contribution < -0.4 is 5.73 Å². The van der Waals surface area contributed by atoms with Crippen molar-refractivity contribution in [2.24, 2.45) is 5.73 Å². The van der Waals surface area contributed by atoms with Gasteiger partial charge in [-0.25, -0.2) is 0 Å². The van der Waals surface area contributed by atoms with Crippen LogP contribution in [0.15, 0.2) is 0 Å². The van der Waals surface area contributed by atoms with Gasteiger partial charge < -0.3 is 5.73 Å². The lowest BCUT2D eigenvalue weighted by Gasteiger charge is -2.18. The second kappa shape index (κ2) is 4.37. The second-order valence-corrected chi connectivity index (χ2v) is 2.11. The van der Waals surface area contributed by atoms with E-state index in [0.29, 0.717) is 6.54 Å². The molecule has 0 bridgehead atoms. The van der Waals surface area contributed by atoms with E-state index in [-0.39, 0.29) is 6.04 Å². The zero-order chi connectivity index (χ0) is 7.28. The van der Waals surface area contributed by atoms with Crippen LogP contribution in [0.25, 0.3) is 0 Å². The molecule has 2 nitrogen and oxygen atoms in total. The minimum absolute atomic E-state index is 0.202. The molecule has 2 heteroatoms. The highest BCUT2D eigenvalue weighted by molar-refractivity contribution is 4.96. The Morgan fingerprint density at radius 2 is 2.33 bits per heavy atom. The fourth-order valence-corrected chi connectivity index (χ4v) is 0.525. The fraction of sp³-hybridized carbons (Fsp3) is 0.714. The van der Waals surface area contributed by atoms with Crippen molar-refractivity contribution in [2.45, 2.75) is 13.0 Å². The molecule has 0 saturated heterocycles. The van der Waals surface area contributed by atoms with Gasteiger partial charge in [-0.05, 0) is 14.0 Å². The number of nitrogens with two attached hydrogens (primary N) is 1. The maximum Gasteiger partial charge on any atom is 0.0681 e. The van der Waals surface area contributed by atoms with Crippen LogP contribution in [-0.4, -0.2) is 31.1 Å². The normalized spacial score (nSPS) is 13.2. The van der Waals surface area contributed by atoms with Crippen LogP contribution in [0.2, 0.25) is 0 Å². The van der Waals surface area contributed by atoms with E-state index >= 15 is 0 Å². The lowest BCUT2D eigenvalue weighted by atomic mass is 10.3. The molecule has 0 aliphatic heterocycles. The molecule has 0 aliphatic carbocycles. The highest BCUT2D eigenvalue weighted by Crippen LogP contribution is 1.89. The Balaban J connectivity index is 3.48. The minimum Gasteiger partial charge on any atom is -0.329 e. The summed E-state index contributed by atoms with van der Waals surface area (Å²) in [6.45, 7) is 3.52. The molecule has 2 N–H and O–H groups in total. The van der Waals surface area contributed by atoms with Gasteiger partial charge in [-0.3, -0.25) is 4.90 Å². The number of rotatable bonds is 3. The quantitative estimate of drug-likeness (QED) is 0.535. The molecule has 0 aromatic carbocycles. The van der Waals surface area contributed by atoms with Crippen LogP contribution in [0.3, 0.4) is 0 Å². The third kappa shape index (κ3) is 3.12. The number of hydrogen-bond donors (Lipinski definition) is 1. The molecule has 0 saturated carbocycles. The van der Waals surface area contributed by atoms with Crippen molar-refractivity contribution in [1.82, 2.24) is 4.90 Å². The van der Waals surface area contributed by atoms with Gasteiger partial charge >= 0.3 is 0 Å². The Morgan fingerprint density at radius 1 is 1.78 bits per heavy atom. The summed E-state index contributed by atoms with van der Waals surface area (Å²) in [5, 5.41) is 0. The molecule has 0 heterocycles.